The highest BCUT2D eigenvalue weighted by Crippen LogP contribution is 2.27. The van der Waals surface area contributed by atoms with Gasteiger partial charge in [-0.2, -0.15) is 13.2 Å². The van der Waals surface area contributed by atoms with Gasteiger partial charge in [0.05, 0.1) is 12.1 Å². The number of aromatic nitrogens is 3. The zero-order valence-corrected chi connectivity index (χ0v) is 14.8. The van der Waals surface area contributed by atoms with E-state index in [1.807, 2.05) is 0 Å². The maximum Gasteiger partial charge on any atom is 0.433 e. The van der Waals surface area contributed by atoms with Crippen molar-refractivity contribution in [2.24, 2.45) is 0 Å². The SMILES string of the molecule is Cc1cc(C(F)(F)F)nc(CNC2CCN(C(=O)c3cccnc3)CC2)n1. The molecule has 1 N–H and O–H groups in total. The second-order valence-electron chi connectivity index (χ2n) is 6.50. The van der Waals surface area contributed by atoms with Crippen LogP contribution in [0.15, 0.2) is 30.6 Å². The maximum atomic E-state index is 12.8. The first-order valence-electron chi connectivity index (χ1n) is 8.67. The topological polar surface area (TPSA) is 71.0 Å². The Morgan fingerprint density at radius 3 is 2.67 bits per heavy atom. The Kier molecular flexibility index (Phi) is 5.69. The van der Waals surface area contributed by atoms with Gasteiger partial charge >= 0.3 is 6.18 Å². The molecule has 2 aromatic heterocycles. The van der Waals surface area contributed by atoms with Crippen molar-refractivity contribution in [1.29, 1.82) is 0 Å². The van der Waals surface area contributed by atoms with E-state index < -0.39 is 11.9 Å². The molecule has 0 bridgehead atoms. The van der Waals surface area contributed by atoms with Crippen LogP contribution in [0.2, 0.25) is 0 Å². The highest BCUT2D eigenvalue weighted by Gasteiger charge is 2.33. The van der Waals surface area contributed by atoms with Crippen molar-refractivity contribution in [2.45, 2.75) is 38.5 Å². The molecule has 2 aromatic rings. The summed E-state index contributed by atoms with van der Waals surface area (Å²) in [7, 11) is 0. The minimum Gasteiger partial charge on any atom is -0.338 e. The second kappa shape index (κ2) is 7.99. The van der Waals surface area contributed by atoms with Crippen LogP contribution < -0.4 is 5.32 Å². The van der Waals surface area contributed by atoms with Gasteiger partial charge in [0.2, 0.25) is 0 Å². The Labute approximate surface area is 154 Å². The van der Waals surface area contributed by atoms with Crippen LogP contribution in [0.25, 0.3) is 0 Å². The number of piperidine rings is 1. The number of amides is 1. The molecule has 144 valence electrons. The minimum atomic E-state index is -4.49. The number of likely N-dealkylation sites (tertiary alicyclic amines) is 1. The normalized spacial score (nSPS) is 15.8. The first-order valence-corrected chi connectivity index (χ1v) is 8.67. The first kappa shape index (κ1) is 19.2. The molecule has 1 fully saturated rings. The number of hydrogen-bond acceptors (Lipinski definition) is 5. The van der Waals surface area contributed by atoms with E-state index in [1.165, 1.54) is 6.92 Å². The summed E-state index contributed by atoms with van der Waals surface area (Å²) in [5, 5.41) is 3.20. The Bertz CT molecular complexity index is 789. The number of hydrogen-bond donors (Lipinski definition) is 1. The summed E-state index contributed by atoms with van der Waals surface area (Å²) >= 11 is 0. The highest BCUT2D eigenvalue weighted by molar-refractivity contribution is 5.93. The molecule has 1 aliphatic rings. The summed E-state index contributed by atoms with van der Waals surface area (Å²) in [6, 6.07) is 4.49. The van der Waals surface area contributed by atoms with Gasteiger partial charge < -0.3 is 10.2 Å². The lowest BCUT2D eigenvalue weighted by atomic mass is 10.0. The molecule has 0 aliphatic carbocycles. The summed E-state index contributed by atoms with van der Waals surface area (Å²) in [6.07, 6.45) is 0.0961. The van der Waals surface area contributed by atoms with Gasteiger partial charge in [-0.3, -0.25) is 9.78 Å². The number of carbonyl (C=O) groups is 1. The number of nitrogens with one attached hydrogen (secondary N) is 1. The van der Waals surface area contributed by atoms with E-state index in [0.29, 0.717) is 31.5 Å². The molecular weight excluding hydrogens is 359 g/mol. The quantitative estimate of drug-likeness (QED) is 0.884. The van der Waals surface area contributed by atoms with Gasteiger partial charge in [-0.05, 0) is 38.0 Å². The van der Waals surface area contributed by atoms with Crippen LogP contribution in [0.4, 0.5) is 13.2 Å². The third-order valence-corrected chi connectivity index (χ3v) is 4.43. The van der Waals surface area contributed by atoms with Crippen molar-refractivity contribution in [3.05, 3.63) is 53.4 Å². The van der Waals surface area contributed by atoms with Crippen molar-refractivity contribution in [2.75, 3.05) is 13.1 Å². The predicted molar refractivity (Wildman–Crippen MR) is 91.8 cm³/mol. The van der Waals surface area contributed by atoms with Crippen LogP contribution >= 0.6 is 0 Å². The van der Waals surface area contributed by atoms with Crippen molar-refractivity contribution in [3.8, 4) is 0 Å². The van der Waals surface area contributed by atoms with Crippen LogP contribution in [0.3, 0.4) is 0 Å². The molecule has 1 aliphatic heterocycles. The molecule has 6 nitrogen and oxygen atoms in total. The molecule has 0 saturated carbocycles. The van der Waals surface area contributed by atoms with Gasteiger partial charge in [0, 0.05) is 37.2 Å². The molecule has 0 aromatic carbocycles. The Morgan fingerprint density at radius 1 is 1.30 bits per heavy atom. The third-order valence-electron chi connectivity index (χ3n) is 4.43. The predicted octanol–water partition coefficient (Wildman–Crippen LogP) is 2.59. The third kappa shape index (κ3) is 5.00. The smallest absolute Gasteiger partial charge is 0.338 e. The Balaban J connectivity index is 1.53. The summed E-state index contributed by atoms with van der Waals surface area (Å²) < 4.78 is 38.5. The second-order valence-corrected chi connectivity index (χ2v) is 6.50. The van der Waals surface area contributed by atoms with Gasteiger partial charge in [-0.15, -0.1) is 0 Å². The lowest BCUT2D eigenvalue weighted by molar-refractivity contribution is -0.141. The Hall–Kier alpha value is -2.55. The van der Waals surface area contributed by atoms with Gasteiger partial charge in [-0.1, -0.05) is 0 Å². The molecule has 1 saturated heterocycles. The number of alkyl halides is 3. The van der Waals surface area contributed by atoms with E-state index in [-0.39, 0.29) is 30.0 Å². The molecule has 27 heavy (non-hydrogen) atoms. The number of rotatable bonds is 4. The molecule has 3 heterocycles. The van der Waals surface area contributed by atoms with E-state index in [9.17, 15) is 18.0 Å². The van der Waals surface area contributed by atoms with E-state index in [0.717, 1.165) is 6.07 Å². The Morgan fingerprint density at radius 2 is 2.04 bits per heavy atom. The lowest BCUT2D eigenvalue weighted by Gasteiger charge is -2.32. The average molecular weight is 379 g/mol. The number of nitrogens with zero attached hydrogens (tertiary/aromatic N) is 4. The van der Waals surface area contributed by atoms with Crippen LogP contribution in [-0.4, -0.2) is 44.9 Å². The van der Waals surface area contributed by atoms with Crippen molar-refractivity contribution < 1.29 is 18.0 Å². The van der Waals surface area contributed by atoms with Gasteiger partial charge in [-0.25, -0.2) is 9.97 Å². The summed E-state index contributed by atoms with van der Waals surface area (Å²) in [4.78, 5) is 25.8. The fourth-order valence-electron chi connectivity index (χ4n) is 3.05. The molecule has 0 unspecified atom stereocenters. The summed E-state index contributed by atoms with van der Waals surface area (Å²) in [5.41, 5.74) is -0.0913. The first-order chi connectivity index (χ1) is 12.8. The zero-order chi connectivity index (χ0) is 19.4. The number of halogens is 3. The van der Waals surface area contributed by atoms with E-state index >= 15 is 0 Å². The van der Waals surface area contributed by atoms with E-state index in [2.05, 4.69) is 20.3 Å². The van der Waals surface area contributed by atoms with Crippen molar-refractivity contribution in [1.82, 2.24) is 25.2 Å². The largest absolute Gasteiger partial charge is 0.433 e. The maximum absolute atomic E-state index is 12.8. The lowest BCUT2D eigenvalue weighted by Crippen LogP contribution is -2.44. The number of pyridine rings is 1. The van der Waals surface area contributed by atoms with Crippen LogP contribution in [0.5, 0.6) is 0 Å². The molecule has 1 amide bonds. The fraction of sp³-hybridized carbons (Fsp3) is 0.444. The average Bonchev–Trinajstić information content (AvgIpc) is 2.66. The van der Waals surface area contributed by atoms with Gasteiger partial charge in [0.1, 0.15) is 11.5 Å². The summed E-state index contributed by atoms with van der Waals surface area (Å²) in [6.45, 7) is 2.83. The molecule has 0 radical (unpaired) electrons. The van der Waals surface area contributed by atoms with Crippen LogP contribution in [0, 0.1) is 6.92 Å². The number of carbonyl (C=O) groups excluding carboxylic acids is 1. The molecule has 0 spiro atoms. The van der Waals surface area contributed by atoms with Gasteiger partial charge in [0.25, 0.3) is 5.91 Å². The standard InChI is InChI=1S/C18H20F3N5O/c1-12-9-15(18(19,20)21)25-16(24-12)11-23-14-4-7-26(8-5-14)17(27)13-3-2-6-22-10-13/h2-3,6,9-10,14,23H,4-5,7-8,11H2,1H3. The monoisotopic (exact) mass is 379 g/mol. The van der Waals surface area contributed by atoms with Gasteiger partial charge in [0.15, 0.2) is 0 Å². The summed E-state index contributed by atoms with van der Waals surface area (Å²) in [5.74, 6) is 0.0644. The molecule has 0 atom stereocenters. The zero-order valence-electron chi connectivity index (χ0n) is 14.8. The number of aryl methyl sites for hydroxylation is 1. The van der Waals surface area contributed by atoms with Crippen molar-refractivity contribution in [3.63, 3.8) is 0 Å². The molecule has 3 rings (SSSR count). The van der Waals surface area contributed by atoms with Crippen molar-refractivity contribution >= 4 is 5.91 Å². The molecular formula is C18H20F3N5O. The van der Waals surface area contributed by atoms with E-state index in [4.69, 9.17) is 0 Å². The molecule has 9 heteroatoms. The fourth-order valence-corrected chi connectivity index (χ4v) is 3.05. The van der Waals surface area contributed by atoms with E-state index in [1.54, 1.807) is 29.4 Å². The van der Waals surface area contributed by atoms with Crippen LogP contribution in [-0.2, 0) is 12.7 Å². The van der Waals surface area contributed by atoms with Crippen LogP contribution in [0.1, 0.15) is 40.4 Å². The minimum absolute atomic E-state index is 0.0570. The highest BCUT2D eigenvalue weighted by atomic mass is 19.4.